The molecule has 0 aromatic heterocycles. The molecular formula is C15H16BrP. The Morgan fingerprint density at radius 1 is 0.765 bits per heavy atom. The monoisotopic (exact) mass is 306 g/mol. The van der Waals surface area contributed by atoms with E-state index >= 15 is 0 Å². The molecule has 0 saturated carbocycles. The topological polar surface area (TPSA) is 0 Å². The molecule has 0 aliphatic carbocycles. The lowest BCUT2D eigenvalue weighted by Gasteiger charge is -2.18. The van der Waals surface area contributed by atoms with Gasteiger partial charge in [-0.3, -0.25) is 0 Å². The first-order valence-corrected chi connectivity index (χ1v) is 8.50. The Morgan fingerprint density at radius 3 is 1.65 bits per heavy atom. The lowest BCUT2D eigenvalue weighted by atomic mass is 10.4. The Balaban J connectivity index is 2.26. The lowest BCUT2D eigenvalue weighted by Crippen LogP contribution is -2.13. The molecule has 0 atom stereocenters. The first-order chi connectivity index (χ1) is 8.42. The van der Waals surface area contributed by atoms with Gasteiger partial charge >= 0.3 is 0 Å². The molecule has 88 valence electrons. The highest BCUT2D eigenvalue weighted by Gasteiger charge is 2.11. The molecule has 2 aromatic rings. The smallest absolute Gasteiger partial charge is 0.00348 e. The van der Waals surface area contributed by atoms with Crippen LogP contribution in [0.5, 0.6) is 0 Å². The number of rotatable bonds is 5. The Labute approximate surface area is 113 Å². The van der Waals surface area contributed by atoms with Gasteiger partial charge in [-0.2, -0.15) is 0 Å². The second kappa shape index (κ2) is 6.93. The van der Waals surface area contributed by atoms with Gasteiger partial charge in [0.25, 0.3) is 0 Å². The summed E-state index contributed by atoms with van der Waals surface area (Å²) in [6, 6.07) is 21.8. The first kappa shape index (κ1) is 12.8. The van der Waals surface area contributed by atoms with Crippen molar-refractivity contribution in [2.45, 2.75) is 6.42 Å². The van der Waals surface area contributed by atoms with Crippen LogP contribution in [0.25, 0.3) is 0 Å². The van der Waals surface area contributed by atoms with Crippen molar-refractivity contribution < 1.29 is 0 Å². The predicted molar refractivity (Wildman–Crippen MR) is 82.4 cm³/mol. The third-order valence-corrected chi connectivity index (χ3v) is 5.82. The highest BCUT2D eigenvalue weighted by molar-refractivity contribution is 9.09. The number of halogens is 1. The molecule has 0 radical (unpaired) electrons. The second-order valence-corrected chi connectivity index (χ2v) is 6.99. The van der Waals surface area contributed by atoms with E-state index in [2.05, 4.69) is 76.6 Å². The standard InChI is InChI=1S/C15H16BrP/c16-12-7-13-17(14-8-3-1-4-9-14)15-10-5-2-6-11-15/h1-6,8-11H,7,12-13H2. The molecule has 0 heterocycles. The van der Waals surface area contributed by atoms with E-state index < -0.39 is 0 Å². The van der Waals surface area contributed by atoms with Gasteiger partial charge in [-0.05, 0) is 31.1 Å². The highest BCUT2D eigenvalue weighted by Crippen LogP contribution is 2.34. The summed E-state index contributed by atoms with van der Waals surface area (Å²) in [6.45, 7) is 0. The molecule has 0 unspecified atom stereocenters. The Hall–Kier alpha value is -0.650. The summed E-state index contributed by atoms with van der Waals surface area (Å²) in [5.41, 5.74) is 0. The summed E-state index contributed by atoms with van der Waals surface area (Å²) in [6.07, 6.45) is 2.49. The molecule has 2 aromatic carbocycles. The van der Waals surface area contributed by atoms with Crippen molar-refractivity contribution in [2.24, 2.45) is 0 Å². The third-order valence-electron chi connectivity index (χ3n) is 2.65. The van der Waals surface area contributed by atoms with Crippen molar-refractivity contribution >= 4 is 34.5 Å². The van der Waals surface area contributed by atoms with Gasteiger partial charge in [-0.1, -0.05) is 76.6 Å². The molecule has 2 rings (SSSR count). The van der Waals surface area contributed by atoms with Crippen LogP contribution in [0.3, 0.4) is 0 Å². The van der Waals surface area contributed by atoms with Gasteiger partial charge in [0.15, 0.2) is 0 Å². The number of hydrogen-bond donors (Lipinski definition) is 0. The zero-order chi connectivity index (χ0) is 11.9. The quantitative estimate of drug-likeness (QED) is 0.580. The lowest BCUT2D eigenvalue weighted by molar-refractivity contribution is 1.13. The Bertz CT molecular complexity index is 388. The predicted octanol–water partition coefficient (Wildman–Crippen LogP) is 3.90. The molecule has 2 heteroatoms. The van der Waals surface area contributed by atoms with Crippen molar-refractivity contribution in [1.82, 2.24) is 0 Å². The maximum Gasteiger partial charge on any atom is 0.00348 e. The SMILES string of the molecule is BrCCCP(c1ccccc1)c1ccccc1. The van der Waals surface area contributed by atoms with E-state index in [1.54, 1.807) is 0 Å². The van der Waals surface area contributed by atoms with Gasteiger partial charge in [-0.15, -0.1) is 0 Å². The number of benzene rings is 2. The normalized spacial score (nSPS) is 10.7. The van der Waals surface area contributed by atoms with Gasteiger partial charge in [-0.25, -0.2) is 0 Å². The summed E-state index contributed by atoms with van der Waals surface area (Å²) >= 11 is 3.53. The van der Waals surface area contributed by atoms with Crippen LogP contribution in [0.4, 0.5) is 0 Å². The van der Waals surface area contributed by atoms with Crippen LogP contribution in [0.1, 0.15) is 6.42 Å². The van der Waals surface area contributed by atoms with Crippen molar-refractivity contribution in [1.29, 1.82) is 0 Å². The van der Waals surface area contributed by atoms with E-state index in [0.29, 0.717) is 0 Å². The third kappa shape index (κ3) is 3.66. The Kier molecular flexibility index (Phi) is 5.22. The zero-order valence-corrected chi connectivity index (χ0v) is 12.2. The van der Waals surface area contributed by atoms with Crippen LogP contribution in [-0.2, 0) is 0 Å². The van der Waals surface area contributed by atoms with Crippen molar-refractivity contribution in [2.75, 3.05) is 11.5 Å². The van der Waals surface area contributed by atoms with Gasteiger partial charge in [0.2, 0.25) is 0 Å². The summed E-state index contributed by atoms with van der Waals surface area (Å²) in [5.74, 6) is 0. The van der Waals surface area contributed by atoms with Crippen molar-refractivity contribution in [3.63, 3.8) is 0 Å². The van der Waals surface area contributed by atoms with Crippen molar-refractivity contribution in [3.05, 3.63) is 60.7 Å². The minimum Gasteiger partial charge on any atom is -0.0928 e. The molecule has 0 aliphatic rings. The molecule has 0 bridgehead atoms. The molecule has 0 aliphatic heterocycles. The number of alkyl halides is 1. The average Bonchev–Trinajstić information content (AvgIpc) is 2.42. The second-order valence-electron chi connectivity index (χ2n) is 3.87. The molecule has 0 spiro atoms. The van der Waals surface area contributed by atoms with E-state index in [1.165, 1.54) is 23.2 Å². The molecular weight excluding hydrogens is 291 g/mol. The summed E-state index contributed by atoms with van der Waals surface area (Å²) in [4.78, 5) is 0. The maximum absolute atomic E-state index is 3.53. The van der Waals surface area contributed by atoms with Crippen LogP contribution in [-0.4, -0.2) is 11.5 Å². The van der Waals surface area contributed by atoms with Gasteiger partial charge in [0.1, 0.15) is 0 Å². The average molecular weight is 307 g/mol. The summed E-state index contributed by atoms with van der Waals surface area (Å²) in [5, 5.41) is 4.05. The van der Waals surface area contributed by atoms with E-state index in [9.17, 15) is 0 Å². The fourth-order valence-electron chi connectivity index (χ4n) is 1.84. The largest absolute Gasteiger partial charge is 0.0928 e. The minimum absolute atomic E-state index is 0.187. The Morgan fingerprint density at radius 2 is 1.24 bits per heavy atom. The molecule has 0 N–H and O–H groups in total. The maximum atomic E-state index is 3.53. The summed E-state index contributed by atoms with van der Waals surface area (Å²) < 4.78 is 0. The first-order valence-electron chi connectivity index (χ1n) is 5.85. The van der Waals surface area contributed by atoms with Crippen LogP contribution >= 0.6 is 23.9 Å². The fourth-order valence-corrected chi connectivity index (χ4v) is 4.91. The number of hydrogen-bond acceptors (Lipinski definition) is 0. The van der Waals surface area contributed by atoms with Crippen LogP contribution in [0, 0.1) is 0 Å². The zero-order valence-electron chi connectivity index (χ0n) is 9.72. The van der Waals surface area contributed by atoms with Gasteiger partial charge in [0.05, 0.1) is 0 Å². The van der Waals surface area contributed by atoms with E-state index in [4.69, 9.17) is 0 Å². The molecule has 0 saturated heterocycles. The van der Waals surface area contributed by atoms with Gasteiger partial charge < -0.3 is 0 Å². The summed E-state index contributed by atoms with van der Waals surface area (Å²) in [7, 11) is -0.187. The van der Waals surface area contributed by atoms with Crippen LogP contribution in [0.15, 0.2) is 60.7 Å². The van der Waals surface area contributed by atoms with E-state index in [1.807, 2.05) is 0 Å². The van der Waals surface area contributed by atoms with Gasteiger partial charge in [0, 0.05) is 5.33 Å². The molecule has 0 fully saturated rings. The van der Waals surface area contributed by atoms with E-state index in [-0.39, 0.29) is 7.92 Å². The molecule has 0 amide bonds. The van der Waals surface area contributed by atoms with E-state index in [0.717, 1.165) is 5.33 Å². The van der Waals surface area contributed by atoms with Crippen molar-refractivity contribution in [3.8, 4) is 0 Å². The molecule has 17 heavy (non-hydrogen) atoms. The highest BCUT2D eigenvalue weighted by atomic mass is 79.9. The molecule has 0 nitrogen and oxygen atoms in total. The minimum atomic E-state index is -0.187. The van der Waals surface area contributed by atoms with Crippen LogP contribution < -0.4 is 10.6 Å². The fraction of sp³-hybridized carbons (Fsp3) is 0.200. The van der Waals surface area contributed by atoms with Crippen LogP contribution in [0.2, 0.25) is 0 Å².